The third-order valence-corrected chi connectivity index (χ3v) is 3.21. The summed E-state index contributed by atoms with van der Waals surface area (Å²) in [4.78, 5) is 22.1. The molecule has 6 heteroatoms. The van der Waals surface area contributed by atoms with Crippen molar-refractivity contribution in [3.8, 4) is 0 Å². The van der Waals surface area contributed by atoms with Crippen molar-refractivity contribution in [2.75, 3.05) is 13.2 Å². The lowest BCUT2D eigenvalue weighted by Gasteiger charge is -2.16. The van der Waals surface area contributed by atoms with Gasteiger partial charge in [0.1, 0.15) is 0 Å². The van der Waals surface area contributed by atoms with Gasteiger partial charge in [0.15, 0.2) is 0 Å². The Morgan fingerprint density at radius 3 is 2.78 bits per heavy atom. The number of rotatable bonds is 6. The zero-order valence-corrected chi connectivity index (χ0v) is 10.9. The minimum atomic E-state index is -0.795. The molecule has 104 valence electrons. The molecule has 0 saturated carbocycles. The van der Waals surface area contributed by atoms with Gasteiger partial charge < -0.3 is 20.5 Å². The number of carbonyl (C=O) groups is 2. The van der Waals surface area contributed by atoms with E-state index in [4.69, 9.17) is 9.84 Å². The predicted molar refractivity (Wildman–Crippen MR) is 66.4 cm³/mol. The summed E-state index contributed by atoms with van der Waals surface area (Å²) in [5.74, 6) is -1.16. The van der Waals surface area contributed by atoms with Crippen molar-refractivity contribution in [1.82, 2.24) is 10.6 Å². The SMILES string of the molecule is CC(CCCNC(=O)NC1CCOC1C)C(=O)O. The van der Waals surface area contributed by atoms with E-state index >= 15 is 0 Å². The summed E-state index contributed by atoms with van der Waals surface area (Å²) in [6.45, 7) is 4.78. The first-order valence-corrected chi connectivity index (χ1v) is 6.39. The summed E-state index contributed by atoms with van der Waals surface area (Å²) in [7, 11) is 0. The molecule has 0 aromatic rings. The van der Waals surface area contributed by atoms with Crippen LogP contribution in [0.3, 0.4) is 0 Å². The number of nitrogens with one attached hydrogen (secondary N) is 2. The summed E-state index contributed by atoms with van der Waals surface area (Å²) in [5, 5.41) is 14.3. The molecule has 1 aliphatic heterocycles. The number of carbonyl (C=O) groups excluding carboxylic acids is 1. The molecule has 1 saturated heterocycles. The van der Waals surface area contributed by atoms with E-state index in [9.17, 15) is 9.59 Å². The van der Waals surface area contributed by atoms with E-state index in [-0.39, 0.29) is 24.1 Å². The third-order valence-electron chi connectivity index (χ3n) is 3.21. The van der Waals surface area contributed by atoms with Crippen LogP contribution in [0.1, 0.15) is 33.1 Å². The zero-order chi connectivity index (χ0) is 13.5. The molecular weight excluding hydrogens is 236 g/mol. The second-order valence-electron chi connectivity index (χ2n) is 4.75. The predicted octanol–water partition coefficient (Wildman–Crippen LogP) is 0.964. The van der Waals surface area contributed by atoms with Gasteiger partial charge in [-0.2, -0.15) is 0 Å². The molecule has 2 amide bonds. The number of aliphatic carboxylic acids is 1. The van der Waals surface area contributed by atoms with Crippen LogP contribution in [0.2, 0.25) is 0 Å². The van der Waals surface area contributed by atoms with Crippen LogP contribution < -0.4 is 10.6 Å². The third kappa shape index (κ3) is 4.91. The minimum absolute atomic E-state index is 0.0581. The number of ether oxygens (including phenoxy) is 1. The largest absolute Gasteiger partial charge is 0.481 e. The second-order valence-corrected chi connectivity index (χ2v) is 4.75. The van der Waals surface area contributed by atoms with Gasteiger partial charge in [-0.05, 0) is 26.2 Å². The summed E-state index contributed by atoms with van der Waals surface area (Å²) in [6, 6.07) is -0.136. The molecule has 0 aromatic carbocycles. The van der Waals surface area contributed by atoms with Crippen LogP contribution in [-0.2, 0) is 9.53 Å². The molecule has 0 spiro atoms. The van der Waals surface area contributed by atoms with E-state index < -0.39 is 5.97 Å². The van der Waals surface area contributed by atoms with Crippen LogP contribution in [0.25, 0.3) is 0 Å². The van der Waals surface area contributed by atoms with Gasteiger partial charge in [0.25, 0.3) is 0 Å². The first-order valence-electron chi connectivity index (χ1n) is 6.39. The van der Waals surface area contributed by atoms with E-state index in [1.807, 2.05) is 6.92 Å². The Morgan fingerprint density at radius 1 is 1.50 bits per heavy atom. The van der Waals surface area contributed by atoms with Crippen molar-refractivity contribution in [1.29, 1.82) is 0 Å². The normalized spacial score (nSPS) is 24.6. The fourth-order valence-electron chi connectivity index (χ4n) is 1.87. The second kappa shape index (κ2) is 7.20. The van der Waals surface area contributed by atoms with Crippen molar-refractivity contribution < 1.29 is 19.4 Å². The van der Waals surface area contributed by atoms with Gasteiger partial charge in [-0.15, -0.1) is 0 Å². The lowest BCUT2D eigenvalue weighted by molar-refractivity contribution is -0.141. The van der Waals surface area contributed by atoms with Crippen LogP contribution in [0, 0.1) is 5.92 Å². The highest BCUT2D eigenvalue weighted by molar-refractivity contribution is 5.74. The fraction of sp³-hybridized carbons (Fsp3) is 0.833. The quantitative estimate of drug-likeness (QED) is 0.619. The van der Waals surface area contributed by atoms with Crippen molar-refractivity contribution in [2.24, 2.45) is 5.92 Å². The van der Waals surface area contributed by atoms with Crippen molar-refractivity contribution in [3.63, 3.8) is 0 Å². The average Bonchev–Trinajstić information content (AvgIpc) is 2.70. The topological polar surface area (TPSA) is 87.7 Å². The van der Waals surface area contributed by atoms with E-state index in [0.29, 0.717) is 26.0 Å². The highest BCUT2D eigenvalue weighted by atomic mass is 16.5. The van der Waals surface area contributed by atoms with Gasteiger partial charge in [-0.3, -0.25) is 4.79 Å². The highest BCUT2D eigenvalue weighted by Crippen LogP contribution is 2.12. The van der Waals surface area contributed by atoms with Crippen molar-refractivity contribution >= 4 is 12.0 Å². The van der Waals surface area contributed by atoms with Gasteiger partial charge in [0.2, 0.25) is 0 Å². The Kier molecular flexibility index (Phi) is 5.91. The lowest BCUT2D eigenvalue weighted by Crippen LogP contribution is -2.45. The molecule has 1 aliphatic rings. The van der Waals surface area contributed by atoms with E-state index in [2.05, 4.69) is 10.6 Å². The number of carboxylic acid groups (broad SMARTS) is 1. The molecule has 3 unspecified atom stereocenters. The maximum atomic E-state index is 11.5. The molecule has 1 fully saturated rings. The Labute approximate surface area is 107 Å². The van der Waals surface area contributed by atoms with Gasteiger partial charge in [0, 0.05) is 13.2 Å². The molecule has 3 N–H and O–H groups in total. The minimum Gasteiger partial charge on any atom is -0.481 e. The van der Waals surface area contributed by atoms with Crippen molar-refractivity contribution in [3.05, 3.63) is 0 Å². The summed E-state index contributed by atoms with van der Waals surface area (Å²) in [5.41, 5.74) is 0. The summed E-state index contributed by atoms with van der Waals surface area (Å²) < 4.78 is 5.34. The maximum Gasteiger partial charge on any atom is 0.315 e. The zero-order valence-electron chi connectivity index (χ0n) is 10.9. The number of hydrogen-bond acceptors (Lipinski definition) is 3. The van der Waals surface area contributed by atoms with Gasteiger partial charge in [-0.1, -0.05) is 6.92 Å². The van der Waals surface area contributed by atoms with Gasteiger partial charge in [0.05, 0.1) is 18.1 Å². The molecule has 6 nitrogen and oxygen atoms in total. The van der Waals surface area contributed by atoms with Crippen molar-refractivity contribution in [2.45, 2.75) is 45.3 Å². The molecule has 3 atom stereocenters. The summed E-state index contributed by atoms with van der Waals surface area (Å²) >= 11 is 0. The van der Waals surface area contributed by atoms with Crippen LogP contribution in [0.4, 0.5) is 4.79 Å². The lowest BCUT2D eigenvalue weighted by atomic mass is 10.1. The average molecular weight is 258 g/mol. The van der Waals surface area contributed by atoms with Crippen LogP contribution in [0.5, 0.6) is 0 Å². The molecule has 18 heavy (non-hydrogen) atoms. The highest BCUT2D eigenvalue weighted by Gasteiger charge is 2.25. The Morgan fingerprint density at radius 2 is 2.22 bits per heavy atom. The smallest absolute Gasteiger partial charge is 0.315 e. The molecule has 1 rings (SSSR count). The number of amides is 2. The number of urea groups is 1. The Bertz CT molecular complexity index is 296. The maximum absolute atomic E-state index is 11.5. The van der Waals surface area contributed by atoms with Crippen LogP contribution in [-0.4, -0.2) is 42.4 Å². The number of carboxylic acids is 1. The van der Waals surface area contributed by atoms with E-state index in [1.165, 1.54) is 0 Å². The standard InChI is InChI=1S/C12H22N2O4/c1-8(11(15)16)4-3-6-13-12(17)14-10-5-7-18-9(10)2/h8-10H,3-7H2,1-2H3,(H,15,16)(H2,13,14,17). The monoisotopic (exact) mass is 258 g/mol. The first-order chi connectivity index (χ1) is 8.50. The first kappa shape index (κ1) is 14.8. The van der Waals surface area contributed by atoms with E-state index in [1.54, 1.807) is 6.92 Å². The molecular formula is C12H22N2O4. The molecule has 0 bridgehead atoms. The van der Waals surface area contributed by atoms with Crippen LogP contribution >= 0.6 is 0 Å². The fourth-order valence-corrected chi connectivity index (χ4v) is 1.87. The Balaban J connectivity index is 2.08. The summed E-state index contributed by atoms with van der Waals surface area (Å²) in [6.07, 6.45) is 2.13. The molecule has 0 aromatic heterocycles. The molecule has 0 radical (unpaired) electrons. The molecule has 0 aliphatic carbocycles. The number of hydrogen-bond donors (Lipinski definition) is 3. The molecule has 1 heterocycles. The van der Waals surface area contributed by atoms with Gasteiger partial charge >= 0.3 is 12.0 Å². The Hall–Kier alpha value is -1.30. The van der Waals surface area contributed by atoms with Gasteiger partial charge in [-0.25, -0.2) is 4.79 Å². The van der Waals surface area contributed by atoms with Crippen LogP contribution in [0.15, 0.2) is 0 Å². The van der Waals surface area contributed by atoms with E-state index in [0.717, 1.165) is 6.42 Å².